The van der Waals surface area contributed by atoms with Gasteiger partial charge in [-0.15, -0.1) is 0 Å². The second-order valence-corrected chi connectivity index (χ2v) is 3.23. The molecule has 0 aromatic carbocycles. The lowest BCUT2D eigenvalue weighted by molar-refractivity contribution is 0.0995. The number of methoxy groups -OCH3 is 1. The van der Waals surface area contributed by atoms with Crippen molar-refractivity contribution in [3.8, 4) is 11.6 Å². The molecule has 0 aliphatic heterocycles. The molecule has 2 heterocycles. The van der Waals surface area contributed by atoms with Crippen LogP contribution in [-0.2, 0) is 0 Å². The minimum atomic E-state index is -0.626. The van der Waals surface area contributed by atoms with Crippen LogP contribution in [0.1, 0.15) is 10.5 Å². The summed E-state index contributed by atoms with van der Waals surface area (Å²) < 4.78 is 6.50. The van der Waals surface area contributed by atoms with Crippen LogP contribution in [0.3, 0.4) is 0 Å². The Hall–Kier alpha value is -2.68. The molecule has 0 saturated carbocycles. The zero-order valence-electron chi connectivity index (χ0n) is 9.49. The highest BCUT2D eigenvalue weighted by molar-refractivity contribution is 5.90. The molecule has 1 amide bonds. The smallest absolute Gasteiger partial charge is 0.269 e. The maximum absolute atomic E-state index is 11.0. The van der Waals surface area contributed by atoms with E-state index in [9.17, 15) is 4.79 Å². The van der Waals surface area contributed by atoms with E-state index >= 15 is 0 Å². The maximum Gasteiger partial charge on any atom is 0.269 e. The topological polar surface area (TPSA) is 134 Å². The molecular formula is C9H11N7O2. The molecule has 9 heteroatoms. The van der Waals surface area contributed by atoms with Gasteiger partial charge in [-0.2, -0.15) is 5.10 Å². The first kappa shape index (κ1) is 11.8. The molecule has 0 radical (unpaired) electrons. The van der Waals surface area contributed by atoms with Gasteiger partial charge in [0.05, 0.1) is 7.11 Å². The van der Waals surface area contributed by atoms with Gasteiger partial charge in [0.2, 0.25) is 11.6 Å². The summed E-state index contributed by atoms with van der Waals surface area (Å²) in [5.41, 5.74) is 7.62. The summed E-state index contributed by atoms with van der Waals surface area (Å²) in [7, 11) is 1.45. The van der Waals surface area contributed by atoms with Gasteiger partial charge in [0.1, 0.15) is 12.0 Å². The van der Waals surface area contributed by atoms with Crippen LogP contribution in [0.25, 0.3) is 5.82 Å². The first-order chi connectivity index (χ1) is 8.67. The van der Waals surface area contributed by atoms with Crippen LogP contribution in [0.5, 0.6) is 5.75 Å². The second kappa shape index (κ2) is 4.67. The van der Waals surface area contributed by atoms with Crippen LogP contribution in [0.15, 0.2) is 18.6 Å². The summed E-state index contributed by atoms with van der Waals surface area (Å²) in [4.78, 5) is 18.9. The van der Waals surface area contributed by atoms with Gasteiger partial charge in [-0.3, -0.25) is 4.79 Å². The highest BCUT2D eigenvalue weighted by Gasteiger charge is 2.15. The molecule has 0 unspecified atom stereocenters. The summed E-state index contributed by atoms with van der Waals surface area (Å²) in [5.74, 6) is 5.63. The van der Waals surface area contributed by atoms with Crippen LogP contribution in [0, 0.1) is 0 Å². The lowest BCUT2D eigenvalue weighted by Crippen LogP contribution is -2.14. The molecule has 0 bridgehead atoms. The average molecular weight is 249 g/mol. The number of carbonyl (C=O) groups is 1. The Bertz CT molecular complexity index is 580. The van der Waals surface area contributed by atoms with Gasteiger partial charge in [-0.05, 0) is 6.07 Å². The predicted molar refractivity (Wildman–Crippen MR) is 62.0 cm³/mol. The Balaban J connectivity index is 2.52. The van der Waals surface area contributed by atoms with E-state index in [4.69, 9.17) is 16.3 Å². The number of aromatic nitrogens is 4. The number of carbonyl (C=O) groups excluding carboxylic acids is 1. The third kappa shape index (κ3) is 1.94. The first-order valence-corrected chi connectivity index (χ1v) is 4.88. The largest absolute Gasteiger partial charge is 0.490 e. The lowest BCUT2D eigenvalue weighted by atomic mass is 10.4. The minimum Gasteiger partial charge on any atom is -0.490 e. The summed E-state index contributed by atoms with van der Waals surface area (Å²) in [6.07, 6.45) is 2.82. The fourth-order valence-electron chi connectivity index (χ4n) is 1.39. The number of nitrogens with two attached hydrogens (primary N) is 2. The van der Waals surface area contributed by atoms with E-state index in [-0.39, 0.29) is 5.69 Å². The number of ether oxygens (including phenoxy) is 1. The summed E-state index contributed by atoms with van der Waals surface area (Å²) in [5, 5.41) is 3.97. The molecule has 5 N–H and O–H groups in total. The Kier molecular flexibility index (Phi) is 3.06. The van der Waals surface area contributed by atoms with Gasteiger partial charge in [0, 0.05) is 6.20 Å². The van der Waals surface area contributed by atoms with Gasteiger partial charge in [-0.1, -0.05) is 0 Å². The van der Waals surface area contributed by atoms with Crippen LogP contribution in [-0.4, -0.2) is 32.8 Å². The molecule has 18 heavy (non-hydrogen) atoms. The molecule has 0 aliphatic rings. The van der Waals surface area contributed by atoms with E-state index in [1.807, 2.05) is 0 Å². The molecule has 0 spiro atoms. The van der Waals surface area contributed by atoms with Crippen molar-refractivity contribution in [1.82, 2.24) is 19.7 Å². The highest BCUT2D eigenvalue weighted by atomic mass is 16.5. The Morgan fingerprint density at radius 3 is 2.83 bits per heavy atom. The first-order valence-electron chi connectivity index (χ1n) is 4.88. The van der Waals surface area contributed by atoms with E-state index in [0.717, 1.165) is 0 Å². The van der Waals surface area contributed by atoms with Crippen molar-refractivity contribution in [2.45, 2.75) is 0 Å². The normalized spacial score (nSPS) is 10.1. The fraction of sp³-hybridized carbons (Fsp3) is 0.111. The van der Waals surface area contributed by atoms with E-state index < -0.39 is 5.91 Å². The maximum atomic E-state index is 11.0. The molecular weight excluding hydrogens is 238 g/mol. The van der Waals surface area contributed by atoms with Gasteiger partial charge < -0.3 is 15.9 Å². The number of rotatable bonds is 4. The van der Waals surface area contributed by atoms with Crippen LogP contribution >= 0.6 is 0 Å². The average Bonchev–Trinajstić information content (AvgIpc) is 2.87. The number of nitrogens with zero attached hydrogens (tertiary/aromatic N) is 4. The molecule has 2 aromatic rings. The van der Waals surface area contributed by atoms with Crippen molar-refractivity contribution in [3.05, 3.63) is 24.3 Å². The minimum absolute atomic E-state index is 0.123. The van der Waals surface area contributed by atoms with Gasteiger partial charge in [0.25, 0.3) is 5.91 Å². The number of hydrogen-bond donors (Lipinski definition) is 3. The Morgan fingerprint density at radius 1 is 1.50 bits per heavy atom. The van der Waals surface area contributed by atoms with Gasteiger partial charge in [0.15, 0.2) is 5.82 Å². The number of anilines is 1. The van der Waals surface area contributed by atoms with Gasteiger partial charge in [-0.25, -0.2) is 20.5 Å². The lowest BCUT2D eigenvalue weighted by Gasteiger charge is -2.10. The summed E-state index contributed by atoms with van der Waals surface area (Å²) >= 11 is 0. The third-order valence-electron chi connectivity index (χ3n) is 2.18. The Labute approximate surface area is 102 Å². The zero-order valence-corrected chi connectivity index (χ0v) is 9.49. The number of hydrazine groups is 1. The monoisotopic (exact) mass is 249 g/mol. The second-order valence-electron chi connectivity index (χ2n) is 3.23. The summed E-state index contributed by atoms with van der Waals surface area (Å²) in [6, 6.07) is 1.47. The number of hydrogen-bond acceptors (Lipinski definition) is 7. The van der Waals surface area contributed by atoms with Crippen molar-refractivity contribution >= 4 is 11.7 Å². The fourth-order valence-corrected chi connectivity index (χ4v) is 1.39. The number of nitrogen functional groups attached to an aromatic ring is 1. The quantitative estimate of drug-likeness (QED) is 0.470. The van der Waals surface area contributed by atoms with Crippen molar-refractivity contribution in [1.29, 1.82) is 0 Å². The molecule has 0 saturated heterocycles. The number of nitrogens with one attached hydrogen (secondary N) is 1. The number of amides is 1. The molecule has 2 aromatic heterocycles. The third-order valence-corrected chi connectivity index (χ3v) is 2.18. The molecule has 0 atom stereocenters. The predicted octanol–water partition coefficient (Wildman–Crippen LogP) is -0.945. The van der Waals surface area contributed by atoms with E-state index in [2.05, 4.69) is 20.5 Å². The van der Waals surface area contributed by atoms with E-state index in [1.165, 1.54) is 30.4 Å². The molecule has 0 fully saturated rings. The van der Waals surface area contributed by atoms with Crippen molar-refractivity contribution < 1.29 is 9.53 Å². The summed E-state index contributed by atoms with van der Waals surface area (Å²) in [6.45, 7) is 0. The molecule has 2 rings (SSSR count). The standard InChI is InChI=1S/C9H11N7O2/c1-18-6-8(14-11)12-4-13-9(6)16-3-2-5(15-16)7(10)17/h2-4H,11H2,1H3,(H2,10,17)(H,12,13,14). The van der Waals surface area contributed by atoms with Crippen LogP contribution in [0.2, 0.25) is 0 Å². The van der Waals surface area contributed by atoms with Crippen molar-refractivity contribution in [2.24, 2.45) is 11.6 Å². The SMILES string of the molecule is COc1c(NN)ncnc1-n1ccc(C(N)=O)n1. The molecule has 0 aliphatic carbocycles. The van der Waals surface area contributed by atoms with Crippen LogP contribution in [0.4, 0.5) is 5.82 Å². The van der Waals surface area contributed by atoms with Crippen LogP contribution < -0.4 is 21.7 Å². The number of primary amides is 1. The zero-order chi connectivity index (χ0) is 13.1. The molecule has 94 valence electrons. The van der Waals surface area contributed by atoms with Crippen molar-refractivity contribution in [2.75, 3.05) is 12.5 Å². The highest BCUT2D eigenvalue weighted by Crippen LogP contribution is 2.26. The van der Waals surface area contributed by atoms with E-state index in [0.29, 0.717) is 17.4 Å². The molecule has 9 nitrogen and oxygen atoms in total. The Morgan fingerprint density at radius 2 is 2.28 bits per heavy atom. The van der Waals surface area contributed by atoms with Crippen molar-refractivity contribution in [3.63, 3.8) is 0 Å². The van der Waals surface area contributed by atoms with Gasteiger partial charge >= 0.3 is 0 Å². The van der Waals surface area contributed by atoms with E-state index in [1.54, 1.807) is 0 Å².